The molecule has 0 spiro atoms. The van der Waals surface area contributed by atoms with Crippen molar-refractivity contribution in [1.29, 1.82) is 0 Å². The SMILES string of the molecule is C=C(C)CC([O])C(C)CBr. The monoisotopic (exact) mass is 205 g/mol. The van der Waals surface area contributed by atoms with Crippen LogP contribution in [0.1, 0.15) is 20.3 Å². The first kappa shape index (κ1) is 10.2. The standard InChI is InChI=1S/C8H14BrO/c1-6(2)4-8(10)7(3)5-9/h7-8H,1,4-5H2,2-3H3. The van der Waals surface area contributed by atoms with Gasteiger partial charge < -0.3 is 0 Å². The molecule has 1 radical (unpaired) electrons. The van der Waals surface area contributed by atoms with Crippen LogP contribution in [0.15, 0.2) is 12.2 Å². The van der Waals surface area contributed by atoms with Crippen LogP contribution in [0.25, 0.3) is 0 Å². The van der Waals surface area contributed by atoms with Gasteiger partial charge in [-0.25, -0.2) is 5.11 Å². The zero-order valence-electron chi connectivity index (χ0n) is 6.56. The van der Waals surface area contributed by atoms with Crippen LogP contribution >= 0.6 is 15.9 Å². The van der Waals surface area contributed by atoms with E-state index in [1.165, 1.54) is 0 Å². The molecule has 0 rings (SSSR count). The summed E-state index contributed by atoms with van der Waals surface area (Å²) >= 11 is 3.28. The molecule has 1 nitrogen and oxygen atoms in total. The fourth-order valence-corrected chi connectivity index (χ4v) is 1.06. The first-order valence-electron chi connectivity index (χ1n) is 3.44. The molecule has 0 aliphatic rings. The van der Waals surface area contributed by atoms with Crippen LogP contribution in [0.5, 0.6) is 0 Å². The highest BCUT2D eigenvalue weighted by Crippen LogP contribution is 2.13. The second-order valence-electron chi connectivity index (χ2n) is 2.83. The highest BCUT2D eigenvalue weighted by molar-refractivity contribution is 9.09. The summed E-state index contributed by atoms with van der Waals surface area (Å²) in [5, 5.41) is 12.0. The van der Waals surface area contributed by atoms with Gasteiger partial charge in [-0.3, -0.25) is 0 Å². The zero-order chi connectivity index (χ0) is 8.15. The molecule has 0 fully saturated rings. The van der Waals surface area contributed by atoms with Crippen molar-refractivity contribution in [2.24, 2.45) is 5.92 Å². The Kier molecular flexibility index (Phi) is 5.00. The average molecular weight is 206 g/mol. The number of alkyl halides is 1. The largest absolute Gasteiger partial charge is 0.232 e. The predicted octanol–water partition coefficient (Wildman–Crippen LogP) is 2.78. The van der Waals surface area contributed by atoms with E-state index < -0.39 is 6.10 Å². The summed E-state index contributed by atoms with van der Waals surface area (Å²) in [6, 6.07) is 0. The Morgan fingerprint density at radius 1 is 1.70 bits per heavy atom. The van der Waals surface area contributed by atoms with Gasteiger partial charge in [-0.1, -0.05) is 28.4 Å². The van der Waals surface area contributed by atoms with Crippen molar-refractivity contribution < 1.29 is 5.11 Å². The topological polar surface area (TPSA) is 19.9 Å². The molecule has 0 aromatic heterocycles. The number of halogens is 1. The van der Waals surface area contributed by atoms with E-state index in [9.17, 15) is 5.11 Å². The second kappa shape index (κ2) is 4.91. The van der Waals surface area contributed by atoms with E-state index in [0.29, 0.717) is 6.42 Å². The van der Waals surface area contributed by atoms with Crippen LogP contribution in [-0.2, 0) is 5.11 Å². The fourth-order valence-electron chi connectivity index (χ4n) is 0.644. The summed E-state index contributed by atoms with van der Waals surface area (Å²) in [4.78, 5) is 0. The smallest absolute Gasteiger partial charge is 0.1000 e. The third-order valence-corrected chi connectivity index (χ3v) is 2.45. The highest BCUT2D eigenvalue weighted by atomic mass is 79.9. The van der Waals surface area contributed by atoms with Gasteiger partial charge in [0.1, 0.15) is 0 Å². The van der Waals surface area contributed by atoms with E-state index in [-0.39, 0.29) is 5.92 Å². The van der Waals surface area contributed by atoms with Gasteiger partial charge in [-0.15, -0.1) is 6.58 Å². The molecule has 59 valence electrons. The minimum Gasteiger partial charge on any atom is -0.232 e. The first-order chi connectivity index (χ1) is 4.57. The Hall–Kier alpha value is 0.180. The number of hydrogen-bond donors (Lipinski definition) is 0. The lowest BCUT2D eigenvalue weighted by molar-refractivity contribution is 0.0523. The van der Waals surface area contributed by atoms with Crippen molar-refractivity contribution in [2.45, 2.75) is 26.4 Å². The Bertz CT molecular complexity index is 112. The van der Waals surface area contributed by atoms with Gasteiger partial charge in [-0.05, 0) is 19.3 Å². The van der Waals surface area contributed by atoms with Crippen LogP contribution in [0, 0.1) is 5.92 Å². The zero-order valence-corrected chi connectivity index (χ0v) is 8.15. The van der Waals surface area contributed by atoms with Crippen LogP contribution in [0.2, 0.25) is 0 Å². The fraction of sp³-hybridized carbons (Fsp3) is 0.750. The molecule has 0 amide bonds. The van der Waals surface area contributed by atoms with Gasteiger partial charge in [0.15, 0.2) is 0 Å². The summed E-state index contributed by atoms with van der Waals surface area (Å²) in [5.74, 6) is 0.205. The van der Waals surface area contributed by atoms with E-state index in [2.05, 4.69) is 22.5 Å². The van der Waals surface area contributed by atoms with E-state index in [4.69, 9.17) is 0 Å². The molecule has 0 aliphatic carbocycles. The normalized spacial score (nSPS) is 16.4. The van der Waals surface area contributed by atoms with Gasteiger partial charge in [0.05, 0.1) is 6.10 Å². The summed E-state index contributed by atoms with van der Waals surface area (Å²) in [6.45, 7) is 7.54. The molecule has 0 bridgehead atoms. The highest BCUT2D eigenvalue weighted by Gasteiger charge is 2.13. The lowest BCUT2D eigenvalue weighted by Gasteiger charge is -2.13. The Morgan fingerprint density at radius 3 is 2.50 bits per heavy atom. The number of rotatable bonds is 4. The number of hydrogen-bond acceptors (Lipinski definition) is 0. The summed E-state index contributed by atoms with van der Waals surface area (Å²) < 4.78 is 0. The lowest BCUT2D eigenvalue weighted by Crippen LogP contribution is -2.17. The van der Waals surface area contributed by atoms with E-state index in [1.54, 1.807) is 0 Å². The first-order valence-corrected chi connectivity index (χ1v) is 4.56. The molecular weight excluding hydrogens is 192 g/mol. The maximum absolute atomic E-state index is 11.2. The van der Waals surface area contributed by atoms with Crippen molar-refractivity contribution in [3.63, 3.8) is 0 Å². The van der Waals surface area contributed by atoms with Crippen LogP contribution < -0.4 is 0 Å². The second-order valence-corrected chi connectivity index (χ2v) is 3.48. The molecule has 2 atom stereocenters. The summed E-state index contributed by atoms with van der Waals surface area (Å²) in [6.07, 6.45) is 0.115. The quantitative estimate of drug-likeness (QED) is 0.497. The van der Waals surface area contributed by atoms with Crippen LogP contribution in [-0.4, -0.2) is 11.4 Å². The lowest BCUT2D eigenvalue weighted by atomic mass is 10.0. The van der Waals surface area contributed by atoms with E-state index in [1.807, 2.05) is 13.8 Å². The minimum absolute atomic E-state index is 0.205. The van der Waals surface area contributed by atoms with Crippen molar-refractivity contribution in [3.05, 3.63) is 12.2 Å². The minimum atomic E-state index is -0.489. The average Bonchev–Trinajstić information content (AvgIpc) is 1.85. The molecule has 0 N–H and O–H groups in total. The van der Waals surface area contributed by atoms with Gasteiger partial charge in [-0.2, -0.15) is 0 Å². The van der Waals surface area contributed by atoms with E-state index in [0.717, 1.165) is 10.9 Å². The summed E-state index contributed by atoms with van der Waals surface area (Å²) in [7, 11) is 0. The predicted molar refractivity (Wildman–Crippen MR) is 46.9 cm³/mol. The molecule has 0 saturated carbocycles. The third kappa shape index (κ3) is 4.07. The third-order valence-electron chi connectivity index (χ3n) is 1.43. The van der Waals surface area contributed by atoms with E-state index >= 15 is 0 Å². The molecule has 2 heteroatoms. The van der Waals surface area contributed by atoms with Gasteiger partial charge >= 0.3 is 0 Å². The molecule has 0 aromatic rings. The van der Waals surface area contributed by atoms with Crippen molar-refractivity contribution in [1.82, 2.24) is 0 Å². The summed E-state index contributed by atoms with van der Waals surface area (Å²) in [5.41, 5.74) is 0.979. The molecule has 0 aliphatic heterocycles. The van der Waals surface area contributed by atoms with Crippen molar-refractivity contribution in [2.75, 3.05) is 5.33 Å². The molecule has 2 unspecified atom stereocenters. The molecular formula is C8H14BrO. The Labute approximate surface area is 71.3 Å². The molecule has 0 aromatic carbocycles. The van der Waals surface area contributed by atoms with Gasteiger partial charge in [0, 0.05) is 5.33 Å². The van der Waals surface area contributed by atoms with Crippen LogP contribution in [0.3, 0.4) is 0 Å². The maximum Gasteiger partial charge on any atom is 0.1000 e. The van der Waals surface area contributed by atoms with Crippen LogP contribution in [0.4, 0.5) is 0 Å². The maximum atomic E-state index is 11.2. The Balaban J connectivity index is 3.61. The molecule has 10 heavy (non-hydrogen) atoms. The van der Waals surface area contributed by atoms with Gasteiger partial charge in [0.25, 0.3) is 0 Å². The Morgan fingerprint density at radius 2 is 2.20 bits per heavy atom. The molecule has 0 saturated heterocycles. The molecule has 0 heterocycles. The van der Waals surface area contributed by atoms with Gasteiger partial charge in [0.2, 0.25) is 0 Å². The van der Waals surface area contributed by atoms with Crippen molar-refractivity contribution in [3.8, 4) is 0 Å². The van der Waals surface area contributed by atoms with Crippen molar-refractivity contribution >= 4 is 15.9 Å².